The average Bonchev–Trinajstić information content (AvgIpc) is 2.87. The molecule has 0 aliphatic rings. The SMILES string of the molecule is CCN(CC)CCNC(=O)c1ccc(NS(=O)(=O)c2ccc(Oc3ccccc3)cc2)cc1OC. The van der Waals surface area contributed by atoms with Gasteiger partial charge in [-0.3, -0.25) is 9.52 Å². The molecule has 0 saturated heterocycles. The third kappa shape index (κ3) is 7.21. The molecule has 3 aromatic rings. The van der Waals surface area contributed by atoms with Crippen LogP contribution in [0.4, 0.5) is 5.69 Å². The van der Waals surface area contributed by atoms with Crippen molar-refractivity contribution < 1.29 is 22.7 Å². The normalized spacial score (nSPS) is 11.2. The van der Waals surface area contributed by atoms with Crippen molar-refractivity contribution in [1.82, 2.24) is 10.2 Å². The van der Waals surface area contributed by atoms with E-state index in [0.717, 1.165) is 19.6 Å². The van der Waals surface area contributed by atoms with Gasteiger partial charge in [0.15, 0.2) is 0 Å². The summed E-state index contributed by atoms with van der Waals surface area (Å²) < 4.78 is 39.3. The molecule has 0 aromatic heterocycles. The molecule has 8 nitrogen and oxygen atoms in total. The number of sulfonamides is 1. The second-order valence-electron chi connectivity index (χ2n) is 7.69. The molecular weight excluding hydrogens is 466 g/mol. The zero-order valence-electron chi connectivity index (χ0n) is 20.2. The summed E-state index contributed by atoms with van der Waals surface area (Å²) in [6.07, 6.45) is 0. The van der Waals surface area contributed by atoms with E-state index in [2.05, 4.69) is 28.8 Å². The van der Waals surface area contributed by atoms with E-state index in [0.29, 0.717) is 23.6 Å². The molecule has 3 aromatic carbocycles. The Balaban J connectivity index is 1.67. The molecule has 2 N–H and O–H groups in total. The number of methoxy groups -OCH3 is 1. The maximum absolute atomic E-state index is 12.9. The number of ether oxygens (including phenoxy) is 2. The number of anilines is 1. The van der Waals surface area contributed by atoms with Crippen molar-refractivity contribution in [3.8, 4) is 17.2 Å². The highest BCUT2D eigenvalue weighted by Gasteiger charge is 2.18. The van der Waals surface area contributed by atoms with Gasteiger partial charge in [-0.2, -0.15) is 0 Å². The van der Waals surface area contributed by atoms with Crippen molar-refractivity contribution in [1.29, 1.82) is 0 Å². The van der Waals surface area contributed by atoms with Crippen LogP contribution in [0.2, 0.25) is 0 Å². The predicted octanol–water partition coefficient (Wildman–Crippen LogP) is 4.36. The first-order valence-corrected chi connectivity index (χ1v) is 12.9. The van der Waals surface area contributed by atoms with Gasteiger partial charge in [0.1, 0.15) is 17.2 Å². The van der Waals surface area contributed by atoms with E-state index < -0.39 is 10.0 Å². The van der Waals surface area contributed by atoms with Crippen LogP contribution in [0.5, 0.6) is 17.2 Å². The van der Waals surface area contributed by atoms with Crippen LogP contribution in [0.1, 0.15) is 24.2 Å². The van der Waals surface area contributed by atoms with Gasteiger partial charge < -0.3 is 19.7 Å². The third-order valence-corrected chi connectivity index (χ3v) is 6.82. The topological polar surface area (TPSA) is 97.0 Å². The molecular formula is C26H31N3O5S. The Morgan fingerprint density at radius 1 is 0.914 bits per heavy atom. The minimum Gasteiger partial charge on any atom is -0.496 e. The Labute approximate surface area is 206 Å². The smallest absolute Gasteiger partial charge is 0.261 e. The quantitative estimate of drug-likeness (QED) is 0.386. The average molecular weight is 498 g/mol. The van der Waals surface area contributed by atoms with E-state index in [9.17, 15) is 13.2 Å². The van der Waals surface area contributed by atoms with Crippen LogP contribution in [0.25, 0.3) is 0 Å². The summed E-state index contributed by atoms with van der Waals surface area (Å²) in [5.41, 5.74) is 0.614. The molecule has 3 rings (SSSR count). The van der Waals surface area contributed by atoms with Gasteiger partial charge in [-0.25, -0.2) is 8.42 Å². The highest BCUT2D eigenvalue weighted by Crippen LogP contribution is 2.27. The molecule has 0 unspecified atom stereocenters. The predicted molar refractivity (Wildman–Crippen MR) is 137 cm³/mol. The lowest BCUT2D eigenvalue weighted by molar-refractivity contribution is 0.0946. The zero-order chi connectivity index (χ0) is 25.3. The highest BCUT2D eigenvalue weighted by atomic mass is 32.2. The number of amides is 1. The largest absolute Gasteiger partial charge is 0.496 e. The lowest BCUT2D eigenvalue weighted by Crippen LogP contribution is -2.34. The van der Waals surface area contributed by atoms with Gasteiger partial charge in [0.2, 0.25) is 0 Å². The number of hydrogen-bond acceptors (Lipinski definition) is 6. The van der Waals surface area contributed by atoms with Crippen molar-refractivity contribution in [2.24, 2.45) is 0 Å². The van der Waals surface area contributed by atoms with Crippen LogP contribution < -0.4 is 19.5 Å². The summed E-state index contributed by atoms with van der Waals surface area (Å²) in [6, 6.07) is 19.9. The zero-order valence-corrected chi connectivity index (χ0v) is 21.0. The summed E-state index contributed by atoms with van der Waals surface area (Å²) >= 11 is 0. The Kier molecular flexibility index (Phi) is 9.11. The van der Waals surface area contributed by atoms with Gasteiger partial charge in [-0.15, -0.1) is 0 Å². The third-order valence-electron chi connectivity index (χ3n) is 5.42. The number of carbonyl (C=O) groups is 1. The first-order valence-electron chi connectivity index (χ1n) is 11.4. The van der Waals surface area contributed by atoms with Gasteiger partial charge in [-0.1, -0.05) is 32.0 Å². The Morgan fingerprint density at radius 2 is 1.57 bits per heavy atom. The van der Waals surface area contributed by atoms with Gasteiger partial charge in [0.25, 0.3) is 15.9 Å². The standard InChI is InChI=1S/C26H31N3O5S/c1-4-29(5-2)18-17-27-26(30)24-16-11-20(19-25(24)33-3)28-35(31,32)23-14-12-22(13-15-23)34-21-9-7-6-8-10-21/h6-16,19,28H,4-5,17-18H2,1-3H3,(H,27,30). The van der Waals surface area contributed by atoms with E-state index in [1.165, 1.54) is 31.4 Å². The first kappa shape index (κ1) is 26.1. The van der Waals surface area contributed by atoms with E-state index in [1.807, 2.05) is 30.3 Å². The number of para-hydroxylation sites is 1. The molecule has 1 amide bonds. The molecule has 0 aliphatic heterocycles. The van der Waals surface area contributed by atoms with Crippen LogP contribution in [0.15, 0.2) is 77.7 Å². The van der Waals surface area contributed by atoms with Crippen molar-refractivity contribution >= 4 is 21.6 Å². The molecule has 9 heteroatoms. The summed E-state index contributed by atoms with van der Waals surface area (Å²) in [4.78, 5) is 14.9. The Morgan fingerprint density at radius 3 is 2.20 bits per heavy atom. The highest BCUT2D eigenvalue weighted by molar-refractivity contribution is 7.92. The number of hydrogen-bond donors (Lipinski definition) is 2. The van der Waals surface area contributed by atoms with E-state index in [-0.39, 0.29) is 22.2 Å². The minimum absolute atomic E-state index is 0.0788. The fraction of sp³-hybridized carbons (Fsp3) is 0.269. The number of benzene rings is 3. The number of likely N-dealkylation sites (N-methyl/N-ethyl adjacent to an activating group) is 1. The fourth-order valence-electron chi connectivity index (χ4n) is 3.43. The second kappa shape index (κ2) is 12.2. The molecule has 0 radical (unpaired) electrons. The van der Waals surface area contributed by atoms with Gasteiger partial charge in [0.05, 0.1) is 23.3 Å². The summed E-state index contributed by atoms with van der Waals surface area (Å²) in [6.45, 7) is 7.21. The maximum Gasteiger partial charge on any atom is 0.261 e. The molecule has 0 saturated carbocycles. The molecule has 0 heterocycles. The molecule has 186 valence electrons. The minimum atomic E-state index is -3.86. The molecule has 35 heavy (non-hydrogen) atoms. The van der Waals surface area contributed by atoms with Crippen LogP contribution in [-0.4, -0.2) is 52.5 Å². The van der Waals surface area contributed by atoms with Gasteiger partial charge in [-0.05, 0) is 61.6 Å². The lowest BCUT2D eigenvalue weighted by atomic mass is 10.1. The first-order chi connectivity index (χ1) is 16.9. The van der Waals surface area contributed by atoms with E-state index >= 15 is 0 Å². The summed E-state index contributed by atoms with van der Waals surface area (Å²) in [7, 11) is -2.42. The molecule has 0 spiro atoms. The van der Waals surface area contributed by atoms with Crippen molar-refractivity contribution in [3.05, 3.63) is 78.4 Å². The number of carbonyl (C=O) groups excluding carboxylic acids is 1. The van der Waals surface area contributed by atoms with Crippen LogP contribution in [0, 0.1) is 0 Å². The molecule has 0 atom stereocenters. The number of rotatable bonds is 12. The summed E-state index contributed by atoms with van der Waals surface area (Å²) in [5, 5.41) is 2.88. The van der Waals surface area contributed by atoms with Crippen molar-refractivity contribution in [2.45, 2.75) is 18.7 Å². The Bertz CT molecular complexity index is 1210. The van der Waals surface area contributed by atoms with Gasteiger partial charge >= 0.3 is 0 Å². The molecule has 0 aliphatic carbocycles. The number of nitrogens with one attached hydrogen (secondary N) is 2. The fourth-order valence-corrected chi connectivity index (χ4v) is 4.48. The van der Waals surface area contributed by atoms with Crippen LogP contribution in [-0.2, 0) is 10.0 Å². The van der Waals surface area contributed by atoms with Gasteiger partial charge in [0, 0.05) is 19.2 Å². The monoisotopic (exact) mass is 497 g/mol. The Hall–Kier alpha value is -3.56. The van der Waals surface area contributed by atoms with Crippen LogP contribution in [0.3, 0.4) is 0 Å². The molecule has 0 fully saturated rings. The maximum atomic E-state index is 12.9. The van der Waals surface area contributed by atoms with Crippen molar-refractivity contribution in [2.75, 3.05) is 38.0 Å². The van der Waals surface area contributed by atoms with E-state index in [4.69, 9.17) is 9.47 Å². The summed E-state index contributed by atoms with van der Waals surface area (Å²) in [5.74, 6) is 1.17. The number of nitrogens with zero attached hydrogens (tertiary/aromatic N) is 1. The lowest BCUT2D eigenvalue weighted by Gasteiger charge is -2.18. The van der Waals surface area contributed by atoms with E-state index in [1.54, 1.807) is 18.2 Å². The second-order valence-corrected chi connectivity index (χ2v) is 9.37. The molecule has 0 bridgehead atoms. The van der Waals surface area contributed by atoms with Crippen molar-refractivity contribution in [3.63, 3.8) is 0 Å². The van der Waals surface area contributed by atoms with Crippen LogP contribution >= 0.6 is 0 Å².